The van der Waals surface area contributed by atoms with Gasteiger partial charge in [-0.05, 0) is 48.9 Å². The lowest BCUT2D eigenvalue weighted by Crippen LogP contribution is -2.19. The van der Waals surface area contributed by atoms with Crippen molar-refractivity contribution in [3.05, 3.63) is 53.3 Å². The smallest absolute Gasteiger partial charge is 0.253 e. The number of nitrogens with one attached hydrogen (secondary N) is 2. The zero-order chi connectivity index (χ0) is 14.7. The summed E-state index contributed by atoms with van der Waals surface area (Å²) in [5.74, 6) is -0.571. The maximum atomic E-state index is 13.4. The summed E-state index contributed by atoms with van der Waals surface area (Å²) in [6.45, 7) is 1.80. The Labute approximate surface area is 116 Å². The van der Waals surface area contributed by atoms with Crippen LogP contribution in [0.2, 0.25) is 0 Å². The summed E-state index contributed by atoms with van der Waals surface area (Å²) in [4.78, 5) is 11.8. The van der Waals surface area contributed by atoms with Crippen molar-refractivity contribution in [2.24, 2.45) is 0 Å². The molecule has 0 aliphatic carbocycles. The largest absolute Gasteiger partial charge is 0.399 e. The molecular weight excluding hydrogens is 257 g/mol. The van der Waals surface area contributed by atoms with Gasteiger partial charge in [0.15, 0.2) is 0 Å². The molecule has 0 saturated carbocycles. The van der Waals surface area contributed by atoms with Crippen LogP contribution in [0.4, 0.5) is 21.5 Å². The van der Waals surface area contributed by atoms with Crippen LogP contribution in [0, 0.1) is 12.7 Å². The summed E-state index contributed by atoms with van der Waals surface area (Å²) < 4.78 is 13.4. The first kappa shape index (κ1) is 13.9. The molecule has 0 aliphatic rings. The highest BCUT2D eigenvalue weighted by Gasteiger charge is 2.11. The first-order valence-electron chi connectivity index (χ1n) is 6.15. The molecule has 0 heterocycles. The fourth-order valence-electron chi connectivity index (χ4n) is 1.96. The maximum Gasteiger partial charge on any atom is 0.253 e. The van der Waals surface area contributed by atoms with Gasteiger partial charge in [-0.1, -0.05) is 0 Å². The predicted octanol–water partition coefficient (Wildman–Crippen LogP) is 2.82. The first-order valence-corrected chi connectivity index (χ1v) is 6.15. The Hall–Kier alpha value is -2.56. The van der Waals surface area contributed by atoms with Crippen LogP contribution in [-0.4, -0.2) is 13.0 Å². The Kier molecular flexibility index (Phi) is 3.89. The van der Waals surface area contributed by atoms with Crippen LogP contribution >= 0.6 is 0 Å². The molecule has 0 atom stereocenters. The molecule has 5 heteroatoms. The van der Waals surface area contributed by atoms with E-state index < -0.39 is 0 Å². The summed E-state index contributed by atoms with van der Waals surface area (Å²) >= 11 is 0. The van der Waals surface area contributed by atoms with Gasteiger partial charge in [-0.3, -0.25) is 4.79 Å². The summed E-state index contributed by atoms with van der Waals surface area (Å²) in [5, 5.41) is 5.59. The molecule has 20 heavy (non-hydrogen) atoms. The van der Waals surface area contributed by atoms with Crippen molar-refractivity contribution in [2.75, 3.05) is 18.1 Å². The van der Waals surface area contributed by atoms with E-state index in [-0.39, 0.29) is 11.7 Å². The molecule has 104 valence electrons. The average molecular weight is 273 g/mol. The normalized spacial score (nSPS) is 10.2. The average Bonchev–Trinajstić information content (AvgIpc) is 2.37. The Bertz CT molecular complexity index is 635. The lowest BCUT2D eigenvalue weighted by Gasteiger charge is -2.12. The lowest BCUT2D eigenvalue weighted by atomic mass is 10.1. The molecule has 2 aromatic rings. The van der Waals surface area contributed by atoms with Crippen LogP contribution in [0.25, 0.3) is 0 Å². The van der Waals surface area contributed by atoms with Crippen LogP contribution in [0.1, 0.15) is 15.9 Å². The second-order valence-electron chi connectivity index (χ2n) is 4.53. The van der Waals surface area contributed by atoms with Crippen molar-refractivity contribution in [3.8, 4) is 0 Å². The van der Waals surface area contributed by atoms with E-state index in [1.807, 2.05) is 0 Å². The minimum atomic E-state index is -0.335. The molecule has 0 fully saturated rings. The maximum absolute atomic E-state index is 13.4. The second-order valence-corrected chi connectivity index (χ2v) is 4.53. The van der Waals surface area contributed by atoms with Crippen molar-refractivity contribution >= 4 is 23.0 Å². The number of anilines is 3. The van der Waals surface area contributed by atoms with Gasteiger partial charge in [-0.2, -0.15) is 0 Å². The fourth-order valence-corrected chi connectivity index (χ4v) is 1.96. The monoisotopic (exact) mass is 273 g/mol. The number of carbonyl (C=O) groups is 1. The number of nitrogens with two attached hydrogens (primary N) is 1. The SMILES string of the molecule is CNC(=O)c1ccc(N)cc1Nc1cc(C)cc(F)c1. The van der Waals surface area contributed by atoms with Gasteiger partial charge < -0.3 is 16.4 Å². The second kappa shape index (κ2) is 5.61. The van der Waals surface area contributed by atoms with E-state index in [1.54, 1.807) is 38.2 Å². The Morgan fingerprint density at radius 2 is 1.95 bits per heavy atom. The molecule has 0 aromatic heterocycles. The number of aryl methyl sites for hydroxylation is 1. The van der Waals surface area contributed by atoms with Gasteiger partial charge in [-0.25, -0.2) is 4.39 Å². The van der Waals surface area contributed by atoms with Crippen LogP contribution in [0.15, 0.2) is 36.4 Å². The van der Waals surface area contributed by atoms with Crippen molar-refractivity contribution in [1.29, 1.82) is 0 Å². The van der Waals surface area contributed by atoms with E-state index in [0.29, 0.717) is 22.6 Å². The van der Waals surface area contributed by atoms with E-state index in [0.717, 1.165) is 5.56 Å². The van der Waals surface area contributed by atoms with Crippen LogP contribution in [0.3, 0.4) is 0 Å². The van der Waals surface area contributed by atoms with E-state index >= 15 is 0 Å². The first-order chi connectivity index (χ1) is 9.49. The minimum Gasteiger partial charge on any atom is -0.399 e. The number of rotatable bonds is 3. The van der Waals surface area contributed by atoms with Crippen molar-refractivity contribution < 1.29 is 9.18 Å². The minimum absolute atomic E-state index is 0.236. The molecule has 4 N–H and O–H groups in total. The van der Waals surface area contributed by atoms with Crippen LogP contribution in [0.5, 0.6) is 0 Å². The highest BCUT2D eigenvalue weighted by molar-refractivity contribution is 6.00. The molecule has 2 aromatic carbocycles. The lowest BCUT2D eigenvalue weighted by molar-refractivity contribution is 0.0964. The topological polar surface area (TPSA) is 67.2 Å². The van der Waals surface area contributed by atoms with Gasteiger partial charge in [-0.15, -0.1) is 0 Å². The molecule has 0 radical (unpaired) electrons. The number of hydrogen-bond acceptors (Lipinski definition) is 3. The fraction of sp³-hybridized carbons (Fsp3) is 0.133. The van der Waals surface area contributed by atoms with E-state index in [4.69, 9.17) is 5.73 Å². The number of halogens is 1. The standard InChI is InChI=1S/C15H16FN3O/c1-9-5-10(16)7-12(6-9)19-14-8-11(17)3-4-13(14)15(20)18-2/h3-8,19H,17H2,1-2H3,(H,18,20). The van der Waals surface area contributed by atoms with Gasteiger partial charge in [0.2, 0.25) is 0 Å². The Morgan fingerprint density at radius 1 is 1.20 bits per heavy atom. The third-order valence-electron chi connectivity index (χ3n) is 2.84. The number of carbonyl (C=O) groups excluding carboxylic acids is 1. The number of benzene rings is 2. The molecule has 1 amide bonds. The molecule has 0 saturated heterocycles. The predicted molar refractivity (Wildman–Crippen MR) is 78.7 cm³/mol. The third kappa shape index (κ3) is 3.06. The highest BCUT2D eigenvalue weighted by atomic mass is 19.1. The molecule has 2 rings (SSSR count). The number of nitrogen functional groups attached to an aromatic ring is 1. The Morgan fingerprint density at radius 3 is 2.60 bits per heavy atom. The highest BCUT2D eigenvalue weighted by Crippen LogP contribution is 2.25. The zero-order valence-corrected chi connectivity index (χ0v) is 11.3. The molecule has 0 bridgehead atoms. The van der Waals surface area contributed by atoms with E-state index in [1.165, 1.54) is 12.1 Å². The summed E-state index contributed by atoms with van der Waals surface area (Å²) in [5.41, 5.74) is 8.60. The third-order valence-corrected chi connectivity index (χ3v) is 2.84. The molecule has 0 aliphatic heterocycles. The van der Waals surface area contributed by atoms with Crippen LogP contribution < -0.4 is 16.4 Å². The van der Waals surface area contributed by atoms with Gasteiger partial charge in [0.25, 0.3) is 5.91 Å². The molecule has 0 spiro atoms. The van der Waals surface area contributed by atoms with Crippen LogP contribution in [-0.2, 0) is 0 Å². The summed E-state index contributed by atoms with van der Waals surface area (Å²) in [7, 11) is 1.55. The van der Waals surface area contributed by atoms with Gasteiger partial charge >= 0.3 is 0 Å². The van der Waals surface area contributed by atoms with Crippen molar-refractivity contribution in [2.45, 2.75) is 6.92 Å². The zero-order valence-electron chi connectivity index (χ0n) is 11.3. The molecule has 0 unspecified atom stereocenters. The van der Waals surface area contributed by atoms with Gasteiger partial charge in [0, 0.05) is 18.4 Å². The van der Waals surface area contributed by atoms with Crippen molar-refractivity contribution in [1.82, 2.24) is 5.32 Å². The molecular formula is C15H16FN3O. The van der Waals surface area contributed by atoms with E-state index in [2.05, 4.69) is 10.6 Å². The number of amides is 1. The summed E-state index contributed by atoms with van der Waals surface area (Å²) in [6.07, 6.45) is 0. The van der Waals surface area contributed by atoms with Gasteiger partial charge in [0.05, 0.1) is 11.3 Å². The number of hydrogen-bond donors (Lipinski definition) is 3. The molecule has 4 nitrogen and oxygen atoms in total. The quantitative estimate of drug-likeness (QED) is 0.753. The Balaban J connectivity index is 2.41. The van der Waals surface area contributed by atoms with Crippen molar-refractivity contribution in [3.63, 3.8) is 0 Å². The van der Waals surface area contributed by atoms with E-state index in [9.17, 15) is 9.18 Å². The summed E-state index contributed by atoms with van der Waals surface area (Å²) in [6, 6.07) is 9.51. The van der Waals surface area contributed by atoms with Gasteiger partial charge in [0.1, 0.15) is 5.82 Å².